The smallest absolute Gasteiger partial charge is 0.232 e. The van der Waals surface area contributed by atoms with Gasteiger partial charge >= 0.3 is 0 Å². The van der Waals surface area contributed by atoms with Crippen LogP contribution in [-0.4, -0.2) is 21.0 Å². The van der Waals surface area contributed by atoms with Crippen molar-refractivity contribution >= 4 is 22.8 Å². The Morgan fingerprint density at radius 1 is 1.09 bits per heavy atom. The fourth-order valence-corrected chi connectivity index (χ4v) is 2.60. The zero-order chi connectivity index (χ0) is 15.3. The van der Waals surface area contributed by atoms with Gasteiger partial charge in [-0.15, -0.1) is 0 Å². The first-order valence-electron chi connectivity index (χ1n) is 6.70. The highest BCUT2D eigenvalue weighted by atomic mass is 16.5. The number of aromatic hydroxyl groups is 2. The van der Waals surface area contributed by atoms with Gasteiger partial charge in [0.05, 0.1) is 11.1 Å². The Morgan fingerprint density at radius 3 is 2.82 bits per heavy atom. The third-order valence-electron chi connectivity index (χ3n) is 3.70. The van der Waals surface area contributed by atoms with Gasteiger partial charge in [-0.1, -0.05) is 18.2 Å². The molecule has 1 aromatic heterocycles. The van der Waals surface area contributed by atoms with E-state index in [-0.39, 0.29) is 28.6 Å². The molecular weight excluding hydrogens is 282 g/mol. The summed E-state index contributed by atoms with van der Waals surface area (Å²) in [6.45, 7) is 0. The van der Waals surface area contributed by atoms with Crippen molar-refractivity contribution in [2.24, 2.45) is 0 Å². The first-order valence-corrected chi connectivity index (χ1v) is 6.70. The number of nitrogens with one attached hydrogen (secondary N) is 1. The molecule has 3 aromatic rings. The second kappa shape index (κ2) is 4.39. The molecule has 4 rings (SSSR count). The number of hydrogen-bond acceptors (Lipinski definition) is 4. The normalized spacial score (nSPS) is 15.3. The van der Waals surface area contributed by atoms with Gasteiger partial charge in [0.25, 0.3) is 0 Å². The number of para-hydroxylation sites is 1. The van der Waals surface area contributed by atoms with E-state index in [1.54, 1.807) is 6.08 Å². The van der Waals surface area contributed by atoms with E-state index in [0.717, 1.165) is 16.5 Å². The van der Waals surface area contributed by atoms with E-state index >= 15 is 0 Å². The van der Waals surface area contributed by atoms with Crippen LogP contribution in [0.1, 0.15) is 15.9 Å². The minimum atomic E-state index is -0.424. The average molecular weight is 293 g/mol. The van der Waals surface area contributed by atoms with Crippen molar-refractivity contribution in [2.45, 2.75) is 0 Å². The molecule has 2 aromatic carbocycles. The van der Waals surface area contributed by atoms with Crippen LogP contribution in [0.15, 0.2) is 48.4 Å². The molecule has 0 saturated heterocycles. The monoisotopic (exact) mass is 293 g/mol. The van der Waals surface area contributed by atoms with Crippen molar-refractivity contribution in [1.82, 2.24) is 4.98 Å². The van der Waals surface area contributed by atoms with Crippen LogP contribution < -0.4 is 4.74 Å². The second-order valence-electron chi connectivity index (χ2n) is 5.04. The molecule has 1 aliphatic rings. The van der Waals surface area contributed by atoms with E-state index in [9.17, 15) is 15.0 Å². The number of fused-ring (bicyclic) bond motifs is 2. The topological polar surface area (TPSA) is 82.6 Å². The van der Waals surface area contributed by atoms with Crippen LogP contribution in [-0.2, 0) is 0 Å². The van der Waals surface area contributed by atoms with Crippen LogP contribution in [0.3, 0.4) is 0 Å². The fourth-order valence-electron chi connectivity index (χ4n) is 2.60. The van der Waals surface area contributed by atoms with E-state index in [4.69, 9.17) is 4.74 Å². The fraction of sp³-hybridized carbons (Fsp3) is 0. The summed E-state index contributed by atoms with van der Waals surface area (Å²) in [5, 5.41) is 20.3. The lowest BCUT2D eigenvalue weighted by Crippen LogP contribution is -1.98. The maximum atomic E-state index is 12.3. The predicted molar refractivity (Wildman–Crippen MR) is 81.0 cm³/mol. The lowest BCUT2D eigenvalue weighted by molar-refractivity contribution is 0.101. The number of Topliss-reactive ketones (excluding diaryl/α,β-unsaturated/α-hetero) is 1. The number of phenolic OH excluding ortho intramolecular Hbond substituents is 2. The molecule has 0 unspecified atom stereocenters. The number of ether oxygens (including phenoxy) is 1. The summed E-state index contributed by atoms with van der Waals surface area (Å²) < 4.78 is 5.45. The number of H-pyrrole nitrogens is 1. The first kappa shape index (κ1) is 12.5. The zero-order valence-corrected chi connectivity index (χ0v) is 11.3. The Kier molecular flexibility index (Phi) is 2.50. The predicted octanol–water partition coefficient (Wildman–Crippen LogP) is 3.20. The molecule has 0 saturated carbocycles. The van der Waals surface area contributed by atoms with E-state index in [0.29, 0.717) is 0 Å². The van der Waals surface area contributed by atoms with E-state index < -0.39 is 5.75 Å². The molecule has 0 aliphatic carbocycles. The number of benzene rings is 2. The Labute approximate surface area is 125 Å². The number of phenols is 2. The van der Waals surface area contributed by atoms with Gasteiger partial charge in [-0.3, -0.25) is 4.79 Å². The molecule has 0 amide bonds. The highest BCUT2D eigenvalue weighted by molar-refractivity contribution is 6.15. The van der Waals surface area contributed by atoms with Crippen LogP contribution >= 0.6 is 0 Å². The largest absolute Gasteiger partial charge is 0.504 e. The van der Waals surface area contributed by atoms with Gasteiger partial charge in [-0.25, -0.2) is 0 Å². The number of allylic oxidation sites excluding steroid dienone is 1. The summed E-state index contributed by atoms with van der Waals surface area (Å²) in [5.41, 5.74) is 1.94. The van der Waals surface area contributed by atoms with Gasteiger partial charge in [0.1, 0.15) is 0 Å². The molecule has 3 N–H and O–H groups in total. The lowest BCUT2D eigenvalue weighted by atomic mass is 10.1. The van der Waals surface area contributed by atoms with Gasteiger partial charge in [-0.05, 0) is 29.7 Å². The maximum absolute atomic E-state index is 12.3. The van der Waals surface area contributed by atoms with Gasteiger partial charge in [0.2, 0.25) is 11.5 Å². The average Bonchev–Trinajstić information content (AvgIpc) is 3.10. The molecule has 0 atom stereocenters. The number of carbonyl (C=O) groups is 1. The van der Waals surface area contributed by atoms with Gasteiger partial charge in [0.15, 0.2) is 17.3 Å². The summed E-state index contributed by atoms with van der Waals surface area (Å²) in [4.78, 5) is 15.5. The zero-order valence-electron chi connectivity index (χ0n) is 11.3. The van der Waals surface area contributed by atoms with Crippen LogP contribution in [0.5, 0.6) is 17.2 Å². The number of ketones is 1. The summed E-state index contributed by atoms with van der Waals surface area (Å²) in [5.74, 6) is -0.964. The van der Waals surface area contributed by atoms with Crippen LogP contribution in [0.4, 0.5) is 0 Å². The van der Waals surface area contributed by atoms with Crippen molar-refractivity contribution in [3.63, 3.8) is 0 Å². The van der Waals surface area contributed by atoms with Gasteiger partial charge in [-0.2, -0.15) is 0 Å². The maximum Gasteiger partial charge on any atom is 0.232 e. The molecule has 0 spiro atoms. The van der Waals surface area contributed by atoms with Crippen molar-refractivity contribution < 1.29 is 19.7 Å². The summed E-state index contributed by atoms with van der Waals surface area (Å²) in [6, 6.07) is 10.4. The first-order chi connectivity index (χ1) is 10.6. The Morgan fingerprint density at radius 2 is 1.95 bits per heavy atom. The molecule has 22 heavy (non-hydrogen) atoms. The molecule has 108 valence electrons. The van der Waals surface area contributed by atoms with Crippen LogP contribution in [0, 0.1) is 0 Å². The van der Waals surface area contributed by atoms with Crippen molar-refractivity contribution in [2.75, 3.05) is 0 Å². The summed E-state index contributed by atoms with van der Waals surface area (Å²) in [7, 11) is 0. The molecule has 0 bridgehead atoms. The van der Waals surface area contributed by atoms with E-state index in [1.807, 2.05) is 30.5 Å². The van der Waals surface area contributed by atoms with Gasteiger partial charge < -0.3 is 19.9 Å². The number of carbonyl (C=O) groups excluding carboxylic acids is 1. The Bertz CT molecular complexity index is 952. The van der Waals surface area contributed by atoms with Crippen LogP contribution in [0.2, 0.25) is 0 Å². The molecule has 0 fully saturated rings. The van der Waals surface area contributed by atoms with E-state index in [1.165, 1.54) is 12.1 Å². The second-order valence-corrected chi connectivity index (χ2v) is 5.04. The molecular formula is C17H11NO4. The molecule has 0 radical (unpaired) electrons. The molecule has 5 nitrogen and oxygen atoms in total. The lowest BCUT2D eigenvalue weighted by Gasteiger charge is -2.03. The third kappa shape index (κ3) is 1.69. The van der Waals surface area contributed by atoms with Crippen LogP contribution in [0.25, 0.3) is 17.0 Å². The van der Waals surface area contributed by atoms with Crippen molar-refractivity contribution in [1.29, 1.82) is 0 Å². The molecule has 1 aliphatic heterocycles. The minimum absolute atomic E-state index is 0.00471. The molecule has 5 heteroatoms. The van der Waals surface area contributed by atoms with Gasteiger partial charge in [0, 0.05) is 11.8 Å². The van der Waals surface area contributed by atoms with E-state index in [2.05, 4.69) is 4.98 Å². The SMILES string of the molecule is O=C1/C(=C\c2cccc3cc[nH]c23)Oc2c1ccc(O)c2O. The Hall–Kier alpha value is -3.21. The highest BCUT2D eigenvalue weighted by Crippen LogP contribution is 2.44. The number of aromatic nitrogens is 1. The number of rotatable bonds is 1. The van der Waals surface area contributed by atoms with Crippen molar-refractivity contribution in [3.8, 4) is 17.2 Å². The highest BCUT2D eigenvalue weighted by Gasteiger charge is 2.31. The minimum Gasteiger partial charge on any atom is -0.504 e. The van der Waals surface area contributed by atoms with Crippen molar-refractivity contribution in [3.05, 3.63) is 59.5 Å². The number of hydrogen-bond donors (Lipinski definition) is 3. The Balaban J connectivity index is 1.84. The summed E-state index contributed by atoms with van der Waals surface area (Å²) in [6.07, 6.45) is 3.44. The standard InChI is InChI=1S/C17H11NO4/c19-12-5-4-11-15(20)13(22-17(11)16(12)21)8-10-3-1-2-9-6-7-18-14(9)10/h1-8,18-19,21H/b13-8+. The quantitative estimate of drug-likeness (QED) is 0.475. The molecule has 2 heterocycles. The third-order valence-corrected chi connectivity index (χ3v) is 3.70. The summed E-state index contributed by atoms with van der Waals surface area (Å²) >= 11 is 0. The number of aromatic amines is 1.